The Morgan fingerprint density at radius 3 is 2.50 bits per heavy atom. The molecule has 5 rings (SSSR count). The van der Waals surface area contributed by atoms with Crippen molar-refractivity contribution in [3.63, 3.8) is 0 Å². The zero-order chi connectivity index (χ0) is 19.1. The van der Waals surface area contributed by atoms with Crippen molar-refractivity contribution in [2.24, 2.45) is 5.16 Å². The molecule has 0 spiro atoms. The lowest BCUT2D eigenvalue weighted by Gasteiger charge is -2.03. The zero-order valence-corrected chi connectivity index (χ0v) is 15.4. The summed E-state index contributed by atoms with van der Waals surface area (Å²) >= 11 is 0. The van der Waals surface area contributed by atoms with Crippen LogP contribution in [0.3, 0.4) is 0 Å². The van der Waals surface area contributed by atoms with Crippen molar-refractivity contribution in [3.05, 3.63) is 89.5 Å². The van der Waals surface area contributed by atoms with E-state index in [4.69, 9.17) is 4.84 Å². The Labute approximate surface area is 162 Å². The van der Waals surface area contributed by atoms with Gasteiger partial charge < -0.3 is 9.40 Å². The molecule has 2 heterocycles. The van der Waals surface area contributed by atoms with E-state index < -0.39 is 5.97 Å². The highest BCUT2D eigenvalue weighted by molar-refractivity contribution is 6.31. The van der Waals surface area contributed by atoms with Crippen molar-refractivity contribution >= 4 is 39.6 Å². The lowest BCUT2D eigenvalue weighted by molar-refractivity contribution is -0.136. The third kappa shape index (κ3) is 2.54. The fourth-order valence-electron chi connectivity index (χ4n) is 3.88. The minimum atomic E-state index is -0.421. The normalized spacial score (nSPS) is 15.4. The molecule has 28 heavy (non-hydrogen) atoms. The predicted molar refractivity (Wildman–Crippen MR) is 112 cm³/mol. The second-order valence-electron chi connectivity index (χ2n) is 6.78. The lowest BCUT2D eigenvalue weighted by Crippen LogP contribution is -2.06. The number of aryl methyl sites for hydroxylation is 1. The van der Waals surface area contributed by atoms with Gasteiger partial charge in [0.2, 0.25) is 0 Å². The molecule has 0 fully saturated rings. The number of fused-ring (bicyclic) bond motifs is 3. The molecule has 0 unspecified atom stereocenters. The molecule has 0 amide bonds. The molecule has 0 atom stereocenters. The summed E-state index contributed by atoms with van der Waals surface area (Å²) in [6, 6.07) is 24.3. The molecule has 0 radical (unpaired) electrons. The zero-order valence-electron chi connectivity index (χ0n) is 15.4. The molecule has 1 aliphatic heterocycles. The van der Waals surface area contributed by atoms with Gasteiger partial charge in [-0.1, -0.05) is 59.8 Å². The van der Waals surface area contributed by atoms with Gasteiger partial charge in [0.15, 0.2) is 0 Å². The molecule has 136 valence electrons. The van der Waals surface area contributed by atoms with Gasteiger partial charge in [0.1, 0.15) is 5.71 Å². The van der Waals surface area contributed by atoms with E-state index in [-0.39, 0.29) is 0 Å². The number of oxime groups is 1. The Morgan fingerprint density at radius 2 is 1.68 bits per heavy atom. The summed E-state index contributed by atoms with van der Waals surface area (Å²) in [7, 11) is 0. The maximum atomic E-state index is 12.3. The molecule has 3 aromatic carbocycles. The fraction of sp³-hybridized carbons (Fsp3) is 0.0833. The van der Waals surface area contributed by atoms with Crippen LogP contribution in [0.15, 0.2) is 83.5 Å². The quantitative estimate of drug-likeness (QED) is 0.371. The molecule has 4 heteroatoms. The van der Waals surface area contributed by atoms with E-state index in [1.807, 2.05) is 42.5 Å². The monoisotopic (exact) mass is 366 g/mol. The van der Waals surface area contributed by atoms with Crippen LogP contribution in [0.25, 0.3) is 27.9 Å². The number of hydrogen-bond donors (Lipinski definition) is 0. The fourth-order valence-corrected chi connectivity index (χ4v) is 3.88. The van der Waals surface area contributed by atoms with Gasteiger partial charge in [0, 0.05) is 33.9 Å². The highest BCUT2D eigenvalue weighted by Gasteiger charge is 2.26. The van der Waals surface area contributed by atoms with Crippen LogP contribution >= 0.6 is 0 Å². The van der Waals surface area contributed by atoms with Crippen LogP contribution in [0.2, 0.25) is 0 Å². The first-order valence-corrected chi connectivity index (χ1v) is 9.34. The van der Waals surface area contributed by atoms with Crippen LogP contribution in [0.5, 0.6) is 0 Å². The summed E-state index contributed by atoms with van der Waals surface area (Å²) in [5, 5.41) is 6.38. The van der Waals surface area contributed by atoms with Gasteiger partial charge in [-0.15, -0.1) is 0 Å². The van der Waals surface area contributed by atoms with Crippen LogP contribution in [0, 0.1) is 0 Å². The Hall–Kier alpha value is -3.66. The molecule has 0 bridgehead atoms. The summed E-state index contributed by atoms with van der Waals surface area (Å²) in [6.45, 7) is 3.06. The first-order valence-electron chi connectivity index (χ1n) is 9.34. The molecule has 0 saturated heterocycles. The first kappa shape index (κ1) is 16.5. The van der Waals surface area contributed by atoms with Crippen LogP contribution in [0.4, 0.5) is 0 Å². The largest absolute Gasteiger partial charge is 0.368 e. The van der Waals surface area contributed by atoms with Gasteiger partial charge in [-0.2, -0.15) is 0 Å². The highest BCUT2D eigenvalue weighted by atomic mass is 16.7. The Morgan fingerprint density at radius 1 is 0.929 bits per heavy atom. The molecule has 0 saturated carbocycles. The van der Waals surface area contributed by atoms with E-state index in [0.29, 0.717) is 11.3 Å². The van der Waals surface area contributed by atoms with E-state index in [1.165, 1.54) is 21.8 Å². The van der Waals surface area contributed by atoms with Gasteiger partial charge in [-0.3, -0.25) is 0 Å². The molecular formula is C24H18N2O2. The summed E-state index contributed by atoms with van der Waals surface area (Å²) in [5.74, 6) is -0.421. The average Bonchev–Trinajstić information content (AvgIpc) is 3.26. The number of nitrogens with zero attached hydrogens (tertiary/aromatic N) is 2. The van der Waals surface area contributed by atoms with Crippen LogP contribution < -0.4 is 0 Å². The van der Waals surface area contributed by atoms with Crippen LogP contribution in [0.1, 0.15) is 18.1 Å². The second-order valence-corrected chi connectivity index (χ2v) is 6.78. The SMILES string of the molecule is CCn1c2ccccc2c2cc(/C=C3\C(=O)ON=C3c3ccccc3)ccc21. The van der Waals surface area contributed by atoms with E-state index in [9.17, 15) is 4.79 Å². The van der Waals surface area contributed by atoms with Crippen molar-refractivity contribution in [2.45, 2.75) is 13.5 Å². The van der Waals surface area contributed by atoms with E-state index >= 15 is 0 Å². The van der Waals surface area contributed by atoms with Crippen molar-refractivity contribution < 1.29 is 9.63 Å². The summed E-state index contributed by atoms with van der Waals surface area (Å²) < 4.78 is 2.31. The van der Waals surface area contributed by atoms with Gasteiger partial charge in [-0.25, -0.2) is 4.79 Å². The first-order chi connectivity index (χ1) is 13.8. The predicted octanol–water partition coefficient (Wildman–Crippen LogP) is 5.16. The van der Waals surface area contributed by atoms with Crippen molar-refractivity contribution in [2.75, 3.05) is 0 Å². The Balaban J connectivity index is 1.66. The van der Waals surface area contributed by atoms with Gasteiger partial charge in [0.25, 0.3) is 0 Å². The van der Waals surface area contributed by atoms with Gasteiger partial charge in [-0.05, 0) is 36.8 Å². The second kappa shape index (κ2) is 6.50. The summed E-state index contributed by atoms with van der Waals surface area (Å²) in [4.78, 5) is 17.2. The van der Waals surface area contributed by atoms with Crippen LogP contribution in [-0.4, -0.2) is 16.2 Å². The van der Waals surface area contributed by atoms with Crippen molar-refractivity contribution in [3.8, 4) is 0 Å². The number of para-hydroxylation sites is 1. The standard InChI is InChI=1S/C24H18N2O2/c1-2-26-21-11-7-6-10-18(21)19-14-16(12-13-22(19)26)15-20-23(25-28-24(20)27)17-8-4-3-5-9-17/h3-15H,2H2,1H3/b20-15-. The van der Waals surface area contributed by atoms with Gasteiger partial charge >= 0.3 is 5.97 Å². The minimum absolute atomic E-state index is 0.421. The third-order valence-electron chi connectivity index (χ3n) is 5.17. The van der Waals surface area contributed by atoms with E-state index in [1.54, 1.807) is 0 Å². The average molecular weight is 366 g/mol. The van der Waals surface area contributed by atoms with E-state index in [0.717, 1.165) is 17.7 Å². The number of carbonyl (C=O) groups excluding carboxylic acids is 1. The molecule has 4 nitrogen and oxygen atoms in total. The topological polar surface area (TPSA) is 43.6 Å². The molecule has 1 aliphatic rings. The smallest absolute Gasteiger partial charge is 0.341 e. The number of aromatic nitrogens is 1. The van der Waals surface area contributed by atoms with Gasteiger partial charge in [0.05, 0.1) is 5.57 Å². The molecule has 0 aliphatic carbocycles. The molecule has 4 aromatic rings. The maximum absolute atomic E-state index is 12.3. The number of benzene rings is 3. The number of hydrogen-bond acceptors (Lipinski definition) is 3. The molecule has 0 N–H and O–H groups in total. The highest BCUT2D eigenvalue weighted by Crippen LogP contribution is 2.31. The third-order valence-corrected chi connectivity index (χ3v) is 5.17. The molecule has 1 aromatic heterocycles. The van der Waals surface area contributed by atoms with Crippen molar-refractivity contribution in [1.82, 2.24) is 4.57 Å². The Kier molecular flexibility index (Phi) is 3.83. The summed E-state index contributed by atoms with van der Waals surface area (Å²) in [6.07, 6.45) is 1.86. The van der Waals surface area contributed by atoms with Crippen LogP contribution in [-0.2, 0) is 16.2 Å². The number of carbonyl (C=O) groups is 1. The molecular weight excluding hydrogens is 348 g/mol. The van der Waals surface area contributed by atoms with Crippen molar-refractivity contribution in [1.29, 1.82) is 0 Å². The van der Waals surface area contributed by atoms with E-state index in [2.05, 4.69) is 53.0 Å². The number of rotatable bonds is 3. The summed E-state index contributed by atoms with van der Waals surface area (Å²) in [5.41, 5.74) is 5.27. The Bertz CT molecular complexity index is 1280. The maximum Gasteiger partial charge on any atom is 0.368 e. The minimum Gasteiger partial charge on any atom is -0.341 e. The lowest BCUT2D eigenvalue weighted by atomic mass is 10.00.